The quantitative estimate of drug-likeness (QED) is 0.791. The normalized spacial score (nSPS) is 10.8. The first-order valence-electron chi connectivity index (χ1n) is 5.43. The summed E-state index contributed by atoms with van der Waals surface area (Å²) >= 11 is 3.45. The van der Waals surface area contributed by atoms with Crippen molar-refractivity contribution < 1.29 is 0 Å². The van der Waals surface area contributed by atoms with Crippen molar-refractivity contribution in [3.8, 4) is 5.82 Å². The molecule has 0 spiro atoms. The summed E-state index contributed by atoms with van der Waals surface area (Å²) in [5, 5.41) is 8.37. The average molecular weight is 304 g/mol. The number of halogens is 1. The van der Waals surface area contributed by atoms with E-state index in [9.17, 15) is 0 Å². The number of anilines is 1. The predicted octanol–water partition coefficient (Wildman–Crippen LogP) is 2.62. The van der Waals surface area contributed by atoms with Crippen molar-refractivity contribution in [3.05, 3.63) is 41.1 Å². The highest BCUT2D eigenvalue weighted by Gasteiger charge is 2.10. The Hall–Kier alpha value is -1.95. The summed E-state index contributed by atoms with van der Waals surface area (Å²) in [4.78, 5) is 8.55. The van der Waals surface area contributed by atoms with Gasteiger partial charge < -0.3 is 5.32 Å². The smallest absolute Gasteiger partial charge is 0.224 e. The SMILES string of the molecule is CNc1ncc(Br)c(-n2ncc3ccccc32)n1. The monoisotopic (exact) mass is 303 g/mol. The summed E-state index contributed by atoms with van der Waals surface area (Å²) in [6.45, 7) is 0. The second-order valence-electron chi connectivity index (χ2n) is 3.73. The minimum absolute atomic E-state index is 0.563. The van der Waals surface area contributed by atoms with E-state index in [1.165, 1.54) is 0 Å². The lowest BCUT2D eigenvalue weighted by Gasteiger charge is -2.06. The van der Waals surface area contributed by atoms with Gasteiger partial charge >= 0.3 is 0 Å². The molecule has 3 aromatic rings. The highest BCUT2D eigenvalue weighted by molar-refractivity contribution is 9.10. The molecule has 0 aliphatic rings. The Labute approximate surface area is 112 Å². The van der Waals surface area contributed by atoms with E-state index >= 15 is 0 Å². The van der Waals surface area contributed by atoms with Gasteiger partial charge in [-0.25, -0.2) is 9.67 Å². The molecule has 0 aliphatic carbocycles. The van der Waals surface area contributed by atoms with Crippen molar-refractivity contribution in [2.24, 2.45) is 0 Å². The number of hydrogen-bond acceptors (Lipinski definition) is 4. The number of hydrogen-bond donors (Lipinski definition) is 1. The topological polar surface area (TPSA) is 55.6 Å². The maximum Gasteiger partial charge on any atom is 0.224 e. The number of fused-ring (bicyclic) bond motifs is 1. The summed E-state index contributed by atoms with van der Waals surface area (Å²) < 4.78 is 2.59. The van der Waals surface area contributed by atoms with Gasteiger partial charge in [0.1, 0.15) is 0 Å². The fourth-order valence-electron chi connectivity index (χ4n) is 1.77. The van der Waals surface area contributed by atoms with Gasteiger partial charge in [0.15, 0.2) is 5.82 Å². The van der Waals surface area contributed by atoms with Crippen LogP contribution in [0.2, 0.25) is 0 Å². The molecule has 0 bridgehead atoms. The van der Waals surface area contributed by atoms with Crippen LogP contribution in [0.4, 0.5) is 5.95 Å². The van der Waals surface area contributed by atoms with E-state index in [4.69, 9.17) is 0 Å². The van der Waals surface area contributed by atoms with Crippen LogP contribution in [0.15, 0.2) is 41.1 Å². The molecule has 0 amide bonds. The molecule has 3 rings (SSSR count). The van der Waals surface area contributed by atoms with E-state index in [-0.39, 0.29) is 0 Å². The van der Waals surface area contributed by atoms with Crippen molar-refractivity contribution in [1.82, 2.24) is 19.7 Å². The number of rotatable bonds is 2. The molecular weight excluding hydrogens is 294 g/mol. The minimum Gasteiger partial charge on any atom is -0.357 e. The van der Waals surface area contributed by atoms with Crippen LogP contribution in [-0.4, -0.2) is 26.8 Å². The van der Waals surface area contributed by atoms with E-state index < -0.39 is 0 Å². The molecule has 2 heterocycles. The zero-order valence-corrected chi connectivity index (χ0v) is 11.2. The van der Waals surface area contributed by atoms with E-state index in [0.29, 0.717) is 5.95 Å². The maximum atomic E-state index is 4.41. The molecule has 0 radical (unpaired) electrons. The van der Waals surface area contributed by atoms with Gasteiger partial charge in [-0.3, -0.25) is 0 Å². The number of para-hydroxylation sites is 1. The minimum atomic E-state index is 0.563. The van der Waals surface area contributed by atoms with Gasteiger partial charge in [-0.1, -0.05) is 18.2 Å². The van der Waals surface area contributed by atoms with Gasteiger partial charge in [-0.2, -0.15) is 10.1 Å². The van der Waals surface area contributed by atoms with Crippen molar-refractivity contribution in [3.63, 3.8) is 0 Å². The van der Waals surface area contributed by atoms with Crippen molar-refractivity contribution in [1.29, 1.82) is 0 Å². The van der Waals surface area contributed by atoms with Gasteiger partial charge in [0.25, 0.3) is 0 Å². The summed E-state index contributed by atoms with van der Waals surface area (Å²) in [5.74, 6) is 1.28. The lowest BCUT2D eigenvalue weighted by Crippen LogP contribution is -2.04. The van der Waals surface area contributed by atoms with Gasteiger partial charge in [-0.05, 0) is 22.0 Å². The van der Waals surface area contributed by atoms with Crippen molar-refractivity contribution in [2.45, 2.75) is 0 Å². The maximum absolute atomic E-state index is 4.41. The van der Waals surface area contributed by atoms with E-state index in [2.05, 4.69) is 36.3 Å². The molecule has 6 heteroatoms. The van der Waals surface area contributed by atoms with Crippen LogP contribution >= 0.6 is 15.9 Å². The molecule has 90 valence electrons. The van der Waals surface area contributed by atoms with Crippen LogP contribution in [0.5, 0.6) is 0 Å². The number of nitrogens with one attached hydrogen (secondary N) is 1. The summed E-state index contributed by atoms with van der Waals surface area (Å²) in [6.07, 6.45) is 3.54. The molecule has 1 N–H and O–H groups in total. The standard InChI is InChI=1S/C12H10BrN5/c1-14-12-15-7-9(13)11(17-12)18-10-5-3-2-4-8(10)6-16-18/h2-7H,1H3,(H,14,15,17). The fourth-order valence-corrected chi connectivity index (χ4v) is 2.13. The molecular formula is C12H10BrN5. The predicted molar refractivity (Wildman–Crippen MR) is 73.9 cm³/mol. The summed E-state index contributed by atoms with van der Waals surface area (Å²) in [6, 6.07) is 8.00. The van der Waals surface area contributed by atoms with Gasteiger partial charge in [-0.15, -0.1) is 0 Å². The van der Waals surface area contributed by atoms with Gasteiger partial charge in [0.2, 0.25) is 5.95 Å². The van der Waals surface area contributed by atoms with Gasteiger partial charge in [0.05, 0.1) is 16.2 Å². The fraction of sp³-hybridized carbons (Fsp3) is 0.0833. The Balaban J connectivity index is 2.25. The zero-order chi connectivity index (χ0) is 12.5. The third-order valence-electron chi connectivity index (χ3n) is 2.63. The second-order valence-corrected chi connectivity index (χ2v) is 4.58. The molecule has 1 aromatic carbocycles. The van der Waals surface area contributed by atoms with Crippen LogP contribution in [0.1, 0.15) is 0 Å². The van der Waals surface area contributed by atoms with Crippen LogP contribution < -0.4 is 5.32 Å². The largest absolute Gasteiger partial charge is 0.357 e. The van der Waals surface area contributed by atoms with E-state index in [0.717, 1.165) is 21.2 Å². The first kappa shape index (κ1) is 11.2. The Morgan fingerprint density at radius 2 is 2.06 bits per heavy atom. The summed E-state index contributed by atoms with van der Waals surface area (Å²) in [5.41, 5.74) is 1.01. The molecule has 0 saturated heterocycles. The number of nitrogens with zero attached hydrogens (tertiary/aromatic N) is 4. The third-order valence-corrected chi connectivity index (χ3v) is 3.19. The first-order valence-corrected chi connectivity index (χ1v) is 6.22. The zero-order valence-electron chi connectivity index (χ0n) is 9.63. The van der Waals surface area contributed by atoms with Crippen molar-refractivity contribution >= 4 is 32.8 Å². The Bertz CT molecular complexity index is 707. The second kappa shape index (κ2) is 4.38. The van der Waals surface area contributed by atoms with Crippen LogP contribution in [0.3, 0.4) is 0 Å². The van der Waals surface area contributed by atoms with E-state index in [1.54, 1.807) is 17.9 Å². The van der Waals surface area contributed by atoms with E-state index in [1.807, 2.05) is 30.5 Å². The van der Waals surface area contributed by atoms with Crippen LogP contribution in [-0.2, 0) is 0 Å². The molecule has 5 nitrogen and oxygen atoms in total. The average Bonchev–Trinajstić information content (AvgIpc) is 2.83. The lowest BCUT2D eigenvalue weighted by atomic mass is 10.2. The highest BCUT2D eigenvalue weighted by Crippen LogP contribution is 2.23. The van der Waals surface area contributed by atoms with Crippen LogP contribution in [0, 0.1) is 0 Å². The molecule has 18 heavy (non-hydrogen) atoms. The molecule has 0 atom stereocenters. The molecule has 0 aliphatic heterocycles. The first-order chi connectivity index (χ1) is 8.79. The Morgan fingerprint density at radius 1 is 1.22 bits per heavy atom. The van der Waals surface area contributed by atoms with Gasteiger partial charge in [0, 0.05) is 18.6 Å². The molecule has 0 saturated carbocycles. The van der Waals surface area contributed by atoms with Crippen molar-refractivity contribution in [2.75, 3.05) is 12.4 Å². The number of aromatic nitrogens is 4. The highest BCUT2D eigenvalue weighted by atomic mass is 79.9. The number of benzene rings is 1. The Kier molecular flexibility index (Phi) is 2.71. The lowest BCUT2D eigenvalue weighted by molar-refractivity contribution is 0.861. The molecule has 2 aromatic heterocycles. The Morgan fingerprint density at radius 3 is 2.89 bits per heavy atom. The third kappa shape index (κ3) is 1.74. The van der Waals surface area contributed by atoms with Crippen LogP contribution in [0.25, 0.3) is 16.7 Å². The molecule has 0 fully saturated rings. The summed E-state index contributed by atoms with van der Waals surface area (Å²) in [7, 11) is 1.79. The molecule has 0 unspecified atom stereocenters.